The van der Waals surface area contributed by atoms with Gasteiger partial charge in [0.1, 0.15) is 5.75 Å². The molecule has 1 aromatic carbocycles. The third-order valence-corrected chi connectivity index (χ3v) is 1.99. The fourth-order valence-corrected chi connectivity index (χ4v) is 1.25. The lowest BCUT2D eigenvalue weighted by Gasteiger charge is -2.06. The zero-order valence-electron chi connectivity index (χ0n) is 9.46. The highest BCUT2D eigenvalue weighted by Crippen LogP contribution is 2.21. The van der Waals surface area contributed by atoms with Gasteiger partial charge in [-0.3, -0.25) is 4.98 Å². The normalized spacial score (nSPS) is 9.94. The van der Waals surface area contributed by atoms with E-state index in [0.717, 1.165) is 0 Å². The highest BCUT2D eigenvalue weighted by Gasteiger charge is 2.01. The van der Waals surface area contributed by atoms with E-state index in [1.807, 2.05) is 6.92 Å². The Bertz CT molecular complexity index is 485. The zero-order chi connectivity index (χ0) is 12.1. The molecule has 0 unspecified atom stereocenters. The lowest BCUT2D eigenvalue weighted by molar-refractivity contribution is 0.319. The first-order chi connectivity index (χ1) is 8.28. The van der Waals surface area contributed by atoms with Crippen molar-refractivity contribution in [1.29, 1.82) is 0 Å². The Hall–Kier alpha value is -2.30. The van der Waals surface area contributed by atoms with Gasteiger partial charge in [-0.05, 0) is 31.2 Å². The third-order valence-electron chi connectivity index (χ3n) is 1.99. The number of hydrogen-bond acceptors (Lipinski definition) is 5. The van der Waals surface area contributed by atoms with E-state index in [1.54, 1.807) is 30.5 Å². The molecule has 2 N–H and O–H groups in total. The van der Waals surface area contributed by atoms with Gasteiger partial charge in [0.2, 0.25) is 11.8 Å². The van der Waals surface area contributed by atoms with Gasteiger partial charge in [0.15, 0.2) is 0 Å². The number of hydrogen-bond donors (Lipinski definition) is 1. The first-order valence-electron chi connectivity index (χ1n) is 5.26. The number of nitrogens with two attached hydrogens (primary N) is 1. The second-order valence-corrected chi connectivity index (χ2v) is 3.30. The van der Waals surface area contributed by atoms with Crippen LogP contribution in [0.2, 0.25) is 0 Å². The quantitative estimate of drug-likeness (QED) is 0.817. The Kier molecular flexibility index (Phi) is 3.40. The molecule has 1 aromatic heterocycles. The van der Waals surface area contributed by atoms with Gasteiger partial charge in [0, 0.05) is 5.69 Å². The maximum Gasteiger partial charge on any atom is 0.241 e. The summed E-state index contributed by atoms with van der Waals surface area (Å²) in [5.41, 5.74) is 6.27. The summed E-state index contributed by atoms with van der Waals surface area (Å²) in [4.78, 5) is 8.12. The van der Waals surface area contributed by atoms with Crippen LogP contribution < -0.4 is 15.2 Å². The molecule has 0 fully saturated rings. The molecule has 0 aliphatic carbocycles. The molecule has 17 heavy (non-hydrogen) atoms. The topological polar surface area (TPSA) is 70.3 Å². The van der Waals surface area contributed by atoms with E-state index >= 15 is 0 Å². The van der Waals surface area contributed by atoms with Crippen LogP contribution in [-0.4, -0.2) is 16.6 Å². The summed E-state index contributed by atoms with van der Waals surface area (Å²) in [5, 5.41) is 0. The van der Waals surface area contributed by atoms with E-state index in [0.29, 0.717) is 29.8 Å². The maximum absolute atomic E-state index is 5.58. The van der Waals surface area contributed by atoms with E-state index in [2.05, 4.69) is 9.97 Å². The van der Waals surface area contributed by atoms with Crippen molar-refractivity contribution < 1.29 is 9.47 Å². The van der Waals surface area contributed by atoms with Crippen molar-refractivity contribution in [2.75, 3.05) is 12.3 Å². The van der Waals surface area contributed by atoms with Crippen LogP contribution in [0.5, 0.6) is 17.5 Å². The number of benzene rings is 1. The Morgan fingerprint density at radius 1 is 1.12 bits per heavy atom. The van der Waals surface area contributed by atoms with Gasteiger partial charge >= 0.3 is 0 Å². The molecule has 1 heterocycles. The van der Waals surface area contributed by atoms with E-state index in [4.69, 9.17) is 15.2 Å². The van der Waals surface area contributed by atoms with E-state index < -0.39 is 0 Å². The van der Waals surface area contributed by atoms with Crippen molar-refractivity contribution in [2.45, 2.75) is 6.92 Å². The molecule has 88 valence electrons. The van der Waals surface area contributed by atoms with Gasteiger partial charge in [0.25, 0.3) is 0 Å². The van der Waals surface area contributed by atoms with Crippen molar-refractivity contribution in [3.05, 3.63) is 36.7 Å². The molecule has 0 amide bonds. The maximum atomic E-state index is 5.58. The van der Waals surface area contributed by atoms with Crippen LogP contribution in [0.1, 0.15) is 6.92 Å². The van der Waals surface area contributed by atoms with E-state index in [1.165, 1.54) is 6.20 Å². The van der Waals surface area contributed by atoms with Gasteiger partial charge in [-0.2, -0.15) is 4.98 Å². The summed E-state index contributed by atoms with van der Waals surface area (Å²) in [5.74, 6) is 1.49. The molecule has 2 rings (SSSR count). The third kappa shape index (κ3) is 3.07. The van der Waals surface area contributed by atoms with Crippen LogP contribution in [0.4, 0.5) is 5.69 Å². The van der Waals surface area contributed by atoms with Crippen molar-refractivity contribution >= 4 is 5.69 Å². The SMILES string of the molecule is CCOc1cncc(Oc2ccc(N)cc2)n1. The average molecular weight is 231 g/mol. The van der Waals surface area contributed by atoms with Crippen LogP contribution in [-0.2, 0) is 0 Å². The molecule has 5 nitrogen and oxygen atoms in total. The standard InChI is InChI=1S/C12H13N3O2/c1-2-16-11-7-14-8-12(15-11)17-10-5-3-9(13)4-6-10/h3-8H,2,13H2,1H3. The molecule has 5 heteroatoms. The summed E-state index contributed by atoms with van der Waals surface area (Å²) in [6, 6.07) is 7.05. The van der Waals surface area contributed by atoms with Crippen molar-refractivity contribution in [3.63, 3.8) is 0 Å². The number of nitrogen functional groups attached to an aromatic ring is 1. The highest BCUT2D eigenvalue weighted by molar-refractivity contribution is 5.42. The lowest BCUT2D eigenvalue weighted by Crippen LogP contribution is -1.97. The van der Waals surface area contributed by atoms with Gasteiger partial charge in [-0.1, -0.05) is 0 Å². The highest BCUT2D eigenvalue weighted by atomic mass is 16.5. The van der Waals surface area contributed by atoms with Crippen molar-refractivity contribution in [2.24, 2.45) is 0 Å². The predicted molar refractivity (Wildman–Crippen MR) is 64.1 cm³/mol. The summed E-state index contributed by atoms with van der Waals surface area (Å²) >= 11 is 0. The van der Waals surface area contributed by atoms with Gasteiger partial charge in [-0.25, -0.2) is 0 Å². The van der Waals surface area contributed by atoms with Crippen LogP contribution in [0.15, 0.2) is 36.7 Å². The second kappa shape index (κ2) is 5.16. The zero-order valence-corrected chi connectivity index (χ0v) is 9.46. The second-order valence-electron chi connectivity index (χ2n) is 3.30. The summed E-state index contributed by atoms with van der Waals surface area (Å²) in [6.07, 6.45) is 3.07. The van der Waals surface area contributed by atoms with Gasteiger partial charge < -0.3 is 15.2 Å². The molecular formula is C12H13N3O2. The summed E-state index contributed by atoms with van der Waals surface area (Å²) < 4.78 is 10.7. The molecule has 2 aromatic rings. The number of nitrogens with zero attached hydrogens (tertiary/aromatic N) is 2. The molecule has 0 saturated carbocycles. The largest absolute Gasteiger partial charge is 0.477 e. The molecular weight excluding hydrogens is 218 g/mol. The minimum absolute atomic E-state index is 0.390. The summed E-state index contributed by atoms with van der Waals surface area (Å²) in [6.45, 7) is 2.43. The molecule has 0 aliphatic rings. The monoisotopic (exact) mass is 231 g/mol. The van der Waals surface area contributed by atoms with Crippen LogP contribution in [0.25, 0.3) is 0 Å². The van der Waals surface area contributed by atoms with Gasteiger partial charge in [-0.15, -0.1) is 0 Å². The number of aromatic nitrogens is 2. The lowest BCUT2D eigenvalue weighted by atomic mass is 10.3. The fourth-order valence-electron chi connectivity index (χ4n) is 1.25. The first-order valence-corrected chi connectivity index (χ1v) is 5.26. The molecule has 0 spiro atoms. The van der Waals surface area contributed by atoms with Crippen LogP contribution in [0, 0.1) is 0 Å². The predicted octanol–water partition coefficient (Wildman–Crippen LogP) is 2.25. The fraction of sp³-hybridized carbons (Fsp3) is 0.167. The minimum atomic E-state index is 0.390. The van der Waals surface area contributed by atoms with E-state index in [9.17, 15) is 0 Å². The molecule has 0 atom stereocenters. The van der Waals surface area contributed by atoms with Gasteiger partial charge in [0.05, 0.1) is 19.0 Å². The Balaban J connectivity index is 2.12. The first kappa shape index (κ1) is 11.2. The minimum Gasteiger partial charge on any atom is -0.477 e. The summed E-state index contributed by atoms with van der Waals surface area (Å²) in [7, 11) is 0. The molecule has 0 radical (unpaired) electrons. The number of rotatable bonds is 4. The Labute approximate surface area is 99.2 Å². The smallest absolute Gasteiger partial charge is 0.241 e. The Morgan fingerprint density at radius 3 is 2.53 bits per heavy atom. The molecule has 0 aliphatic heterocycles. The van der Waals surface area contributed by atoms with E-state index in [-0.39, 0.29) is 0 Å². The number of ether oxygens (including phenoxy) is 2. The molecule has 0 bridgehead atoms. The van der Waals surface area contributed by atoms with Crippen molar-refractivity contribution in [1.82, 2.24) is 9.97 Å². The number of anilines is 1. The van der Waals surface area contributed by atoms with Crippen LogP contribution >= 0.6 is 0 Å². The van der Waals surface area contributed by atoms with Crippen molar-refractivity contribution in [3.8, 4) is 17.5 Å². The average Bonchev–Trinajstić information content (AvgIpc) is 2.33. The van der Waals surface area contributed by atoms with Crippen LogP contribution in [0.3, 0.4) is 0 Å². The molecule has 0 saturated heterocycles. The Morgan fingerprint density at radius 2 is 1.82 bits per heavy atom.